The Bertz CT molecular complexity index is 1100. The standard InChI is InChI=1S/C23H27N5O2/c1-22(2)8-6-16-17(14-22)28(26-19(16)20(24)29)18-13-15(7-11-25-18)5-9-23(3)10-12-27(4)21(23)30/h7,11,13H,6,8,10,12,14H2,1-4H3,(H2,24,29)/t23-/m1/s1. The molecule has 7 heteroatoms. The molecular weight excluding hydrogens is 378 g/mol. The third-order valence-corrected chi connectivity index (χ3v) is 6.23. The second kappa shape index (κ2) is 6.98. The Balaban J connectivity index is 1.73. The van der Waals surface area contributed by atoms with Gasteiger partial charge in [-0.3, -0.25) is 9.59 Å². The smallest absolute Gasteiger partial charge is 0.269 e. The van der Waals surface area contributed by atoms with E-state index >= 15 is 0 Å². The van der Waals surface area contributed by atoms with E-state index in [9.17, 15) is 9.59 Å². The van der Waals surface area contributed by atoms with Gasteiger partial charge in [0.05, 0.1) is 5.69 Å². The number of likely N-dealkylation sites (tertiary alicyclic amines) is 1. The maximum atomic E-state index is 12.4. The minimum atomic E-state index is -0.661. The molecule has 0 saturated carbocycles. The van der Waals surface area contributed by atoms with E-state index in [-0.39, 0.29) is 11.3 Å². The Kier molecular flexibility index (Phi) is 4.69. The Labute approximate surface area is 176 Å². The summed E-state index contributed by atoms with van der Waals surface area (Å²) in [5, 5.41) is 4.51. The second-order valence-electron chi connectivity index (χ2n) is 9.35. The molecule has 2 aliphatic rings. The van der Waals surface area contributed by atoms with Crippen molar-refractivity contribution in [1.29, 1.82) is 0 Å². The number of primary amides is 1. The number of pyridine rings is 1. The average molecular weight is 406 g/mol. The van der Waals surface area contributed by atoms with E-state index in [0.29, 0.717) is 11.5 Å². The van der Waals surface area contributed by atoms with Crippen molar-refractivity contribution in [2.45, 2.75) is 46.5 Å². The summed E-state index contributed by atoms with van der Waals surface area (Å²) in [6.45, 7) is 7.03. The van der Waals surface area contributed by atoms with E-state index in [1.165, 1.54) is 0 Å². The first-order valence-corrected chi connectivity index (χ1v) is 10.3. The molecule has 0 spiro atoms. The van der Waals surface area contributed by atoms with Crippen LogP contribution in [-0.2, 0) is 17.6 Å². The van der Waals surface area contributed by atoms with Gasteiger partial charge in [-0.15, -0.1) is 0 Å². The van der Waals surface area contributed by atoms with Crippen LogP contribution >= 0.6 is 0 Å². The SMILES string of the molecule is CN1CC[C@@](C)(C#Cc2ccnc(-n3nc(C(N)=O)c4c3CC(C)(C)CC4)c2)C1=O. The fraction of sp³-hybridized carbons (Fsp3) is 0.478. The molecule has 4 rings (SSSR count). The first kappa shape index (κ1) is 20.1. The topological polar surface area (TPSA) is 94.1 Å². The molecule has 0 radical (unpaired) electrons. The number of hydrogen-bond acceptors (Lipinski definition) is 4. The highest BCUT2D eigenvalue weighted by Gasteiger charge is 2.39. The van der Waals surface area contributed by atoms with Gasteiger partial charge in [-0.25, -0.2) is 9.67 Å². The van der Waals surface area contributed by atoms with E-state index in [2.05, 4.69) is 35.8 Å². The van der Waals surface area contributed by atoms with Gasteiger partial charge in [-0.2, -0.15) is 5.10 Å². The van der Waals surface area contributed by atoms with Crippen LogP contribution in [0.2, 0.25) is 0 Å². The van der Waals surface area contributed by atoms with Crippen LogP contribution in [0.3, 0.4) is 0 Å². The molecule has 1 aliphatic carbocycles. The Morgan fingerprint density at radius 1 is 1.27 bits per heavy atom. The summed E-state index contributed by atoms with van der Waals surface area (Å²) in [6.07, 6.45) is 4.94. The molecule has 7 nitrogen and oxygen atoms in total. The largest absolute Gasteiger partial charge is 0.364 e. The predicted molar refractivity (Wildman–Crippen MR) is 113 cm³/mol. The van der Waals surface area contributed by atoms with Gasteiger partial charge in [-0.05, 0) is 50.2 Å². The molecule has 30 heavy (non-hydrogen) atoms. The van der Waals surface area contributed by atoms with E-state index in [1.54, 1.807) is 22.8 Å². The first-order valence-electron chi connectivity index (χ1n) is 10.3. The lowest BCUT2D eigenvalue weighted by molar-refractivity contribution is -0.131. The molecule has 3 heterocycles. The number of nitrogens with two attached hydrogens (primary N) is 1. The molecule has 0 bridgehead atoms. The number of rotatable bonds is 2. The molecule has 1 fully saturated rings. The average Bonchev–Trinajstić information content (AvgIpc) is 3.19. The Hall–Kier alpha value is -3.14. The van der Waals surface area contributed by atoms with Gasteiger partial charge >= 0.3 is 0 Å². The quantitative estimate of drug-likeness (QED) is 0.774. The zero-order valence-electron chi connectivity index (χ0n) is 18.0. The van der Waals surface area contributed by atoms with Crippen molar-refractivity contribution in [2.75, 3.05) is 13.6 Å². The minimum absolute atomic E-state index is 0.0544. The van der Waals surface area contributed by atoms with Crippen molar-refractivity contribution in [3.63, 3.8) is 0 Å². The lowest BCUT2D eigenvalue weighted by atomic mass is 9.76. The van der Waals surface area contributed by atoms with Crippen LogP contribution in [0.4, 0.5) is 0 Å². The van der Waals surface area contributed by atoms with Gasteiger partial charge in [0.15, 0.2) is 11.5 Å². The summed E-state index contributed by atoms with van der Waals surface area (Å²) < 4.78 is 1.73. The molecule has 1 atom stereocenters. The highest BCUT2D eigenvalue weighted by Crippen LogP contribution is 2.37. The van der Waals surface area contributed by atoms with Crippen molar-refractivity contribution in [1.82, 2.24) is 19.7 Å². The van der Waals surface area contributed by atoms with Crippen molar-refractivity contribution >= 4 is 11.8 Å². The van der Waals surface area contributed by atoms with Crippen molar-refractivity contribution < 1.29 is 9.59 Å². The summed E-state index contributed by atoms with van der Waals surface area (Å²) in [5.74, 6) is 6.44. The fourth-order valence-corrected chi connectivity index (χ4v) is 4.28. The van der Waals surface area contributed by atoms with E-state index < -0.39 is 11.3 Å². The molecule has 2 N–H and O–H groups in total. The number of nitrogens with zero attached hydrogens (tertiary/aromatic N) is 4. The molecule has 156 valence electrons. The van der Waals surface area contributed by atoms with Gasteiger partial charge in [0.25, 0.3) is 5.91 Å². The highest BCUT2D eigenvalue weighted by atomic mass is 16.2. The first-order chi connectivity index (χ1) is 14.1. The van der Waals surface area contributed by atoms with Crippen LogP contribution in [0, 0.1) is 22.7 Å². The van der Waals surface area contributed by atoms with Crippen LogP contribution in [0.1, 0.15) is 60.9 Å². The van der Waals surface area contributed by atoms with Gasteiger partial charge in [0.2, 0.25) is 5.91 Å². The van der Waals surface area contributed by atoms with Gasteiger partial charge < -0.3 is 10.6 Å². The number of carbonyl (C=O) groups excluding carboxylic acids is 2. The minimum Gasteiger partial charge on any atom is -0.364 e. The lowest BCUT2D eigenvalue weighted by Crippen LogP contribution is -2.28. The predicted octanol–water partition coefficient (Wildman–Crippen LogP) is 2.10. The van der Waals surface area contributed by atoms with Crippen LogP contribution in [0.25, 0.3) is 5.82 Å². The monoisotopic (exact) mass is 405 g/mol. The van der Waals surface area contributed by atoms with E-state index in [0.717, 1.165) is 49.0 Å². The van der Waals surface area contributed by atoms with E-state index in [1.807, 2.05) is 19.1 Å². The zero-order valence-corrected chi connectivity index (χ0v) is 18.0. The molecule has 2 amide bonds. The number of hydrogen-bond donors (Lipinski definition) is 1. The highest BCUT2D eigenvalue weighted by molar-refractivity contribution is 5.92. The van der Waals surface area contributed by atoms with Crippen LogP contribution in [-0.4, -0.2) is 45.1 Å². The normalized spacial score (nSPS) is 22.4. The number of carbonyl (C=O) groups is 2. The maximum Gasteiger partial charge on any atom is 0.269 e. The molecule has 0 unspecified atom stereocenters. The molecule has 2 aromatic heterocycles. The van der Waals surface area contributed by atoms with E-state index in [4.69, 9.17) is 5.73 Å². The van der Waals surface area contributed by atoms with Gasteiger partial charge in [-0.1, -0.05) is 25.7 Å². The van der Waals surface area contributed by atoms with Gasteiger partial charge in [0, 0.05) is 30.9 Å². The molecule has 1 saturated heterocycles. The maximum absolute atomic E-state index is 12.4. The van der Waals surface area contributed by atoms with Crippen LogP contribution < -0.4 is 5.73 Å². The van der Waals surface area contributed by atoms with Crippen molar-refractivity contribution in [3.05, 3.63) is 40.8 Å². The Morgan fingerprint density at radius 3 is 2.70 bits per heavy atom. The third-order valence-electron chi connectivity index (χ3n) is 6.23. The molecule has 2 aromatic rings. The second-order valence-corrected chi connectivity index (χ2v) is 9.35. The molecular formula is C23H27N5O2. The van der Waals surface area contributed by atoms with Crippen LogP contribution in [0.5, 0.6) is 0 Å². The molecule has 1 aliphatic heterocycles. The Morgan fingerprint density at radius 2 is 2.03 bits per heavy atom. The summed E-state index contributed by atoms with van der Waals surface area (Å²) in [6, 6.07) is 3.66. The van der Waals surface area contributed by atoms with Gasteiger partial charge in [0.1, 0.15) is 5.41 Å². The summed E-state index contributed by atoms with van der Waals surface area (Å²) in [5.41, 5.74) is 8.03. The number of fused-ring (bicyclic) bond motifs is 1. The van der Waals surface area contributed by atoms with Crippen LogP contribution in [0.15, 0.2) is 18.3 Å². The van der Waals surface area contributed by atoms with Crippen molar-refractivity contribution in [2.24, 2.45) is 16.6 Å². The summed E-state index contributed by atoms with van der Waals surface area (Å²) >= 11 is 0. The fourth-order valence-electron chi connectivity index (χ4n) is 4.28. The summed E-state index contributed by atoms with van der Waals surface area (Å²) in [7, 11) is 1.80. The number of amides is 2. The van der Waals surface area contributed by atoms with Crippen molar-refractivity contribution in [3.8, 4) is 17.7 Å². The third kappa shape index (κ3) is 3.47. The summed E-state index contributed by atoms with van der Waals surface area (Å²) in [4.78, 5) is 30.5. The number of aromatic nitrogens is 3. The lowest BCUT2D eigenvalue weighted by Gasteiger charge is -2.30. The molecule has 0 aromatic carbocycles. The zero-order chi connectivity index (χ0) is 21.7.